The summed E-state index contributed by atoms with van der Waals surface area (Å²) in [4.78, 5) is 0. The maximum atomic E-state index is 2.52. The van der Waals surface area contributed by atoms with E-state index < -0.39 is 13.3 Å². The van der Waals surface area contributed by atoms with Crippen LogP contribution in [0.2, 0.25) is 10.5 Å². The Morgan fingerprint density at radius 3 is 1.44 bits per heavy atom. The summed E-state index contributed by atoms with van der Waals surface area (Å²) >= 11 is -2.33. The van der Waals surface area contributed by atoms with Crippen LogP contribution in [0.4, 0.5) is 0 Å². The molecule has 4 aromatic carbocycles. The van der Waals surface area contributed by atoms with E-state index in [4.69, 9.17) is 0 Å². The van der Waals surface area contributed by atoms with E-state index in [1.807, 2.05) is 0 Å². The van der Waals surface area contributed by atoms with Gasteiger partial charge in [0.2, 0.25) is 0 Å². The molecule has 0 saturated carbocycles. The third kappa shape index (κ3) is 2.35. The fourth-order valence-electron chi connectivity index (χ4n) is 5.61. The van der Waals surface area contributed by atoms with Gasteiger partial charge in [-0.15, -0.1) is 0 Å². The molecule has 4 aromatic rings. The minimum absolute atomic E-state index is 1.31. The summed E-state index contributed by atoms with van der Waals surface area (Å²) in [5.41, 5.74) is 0. The third-order valence-corrected chi connectivity index (χ3v) is 18.0. The van der Waals surface area contributed by atoms with E-state index in [1.165, 1.54) is 57.7 Å². The average molecular weight is 413 g/mol. The molecule has 0 atom stereocenters. The zero-order valence-corrected chi connectivity index (χ0v) is 18.6. The van der Waals surface area contributed by atoms with Crippen LogP contribution in [-0.4, -0.2) is 13.3 Å². The van der Waals surface area contributed by atoms with E-state index in [0.29, 0.717) is 0 Å². The summed E-state index contributed by atoms with van der Waals surface area (Å²) < 4.78 is 3.57. The fourth-order valence-corrected chi connectivity index (χ4v) is 17.9. The van der Waals surface area contributed by atoms with Crippen LogP contribution >= 0.6 is 0 Å². The molecule has 0 saturated heterocycles. The molecule has 136 valence electrons. The van der Waals surface area contributed by atoms with Crippen molar-refractivity contribution in [2.24, 2.45) is 0 Å². The fraction of sp³-hybridized carbons (Fsp3) is 0.308. The number of hydrogen-bond donors (Lipinski definition) is 0. The molecule has 27 heavy (non-hydrogen) atoms. The quantitative estimate of drug-likeness (QED) is 0.246. The number of benzene rings is 4. The first-order valence-corrected chi connectivity index (χ1v) is 15.8. The van der Waals surface area contributed by atoms with E-state index in [9.17, 15) is 0 Å². The van der Waals surface area contributed by atoms with Crippen LogP contribution in [0.15, 0.2) is 60.7 Å². The van der Waals surface area contributed by atoms with E-state index in [1.54, 1.807) is 19.6 Å². The van der Waals surface area contributed by atoms with Crippen molar-refractivity contribution < 1.29 is 0 Å². The molecule has 0 radical (unpaired) electrons. The number of hydrogen-bond acceptors (Lipinski definition) is 0. The first kappa shape index (κ1) is 17.3. The molecule has 0 aromatic heterocycles. The number of rotatable bonds is 6. The molecule has 0 nitrogen and oxygen atoms in total. The van der Waals surface area contributed by atoms with Gasteiger partial charge in [-0.2, -0.15) is 0 Å². The SMILES string of the molecule is CCC[CH2][Ge]1([CH2]CCC)[c]2cccc3c4ccccc4c4ccc[c]1c4c23. The molecule has 0 amide bonds. The predicted octanol–water partition coefficient (Wildman–Crippen LogP) is 6.62. The van der Waals surface area contributed by atoms with E-state index in [0.717, 1.165) is 0 Å². The van der Waals surface area contributed by atoms with Crippen molar-refractivity contribution in [3.05, 3.63) is 60.7 Å². The molecular weight excluding hydrogens is 385 g/mol. The van der Waals surface area contributed by atoms with E-state index >= 15 is 0 Å². The number of unbranched alkanes of at least 4 members (excludes halogenated alkanes) is 2. The summed E-state index contributed by atoms with van der Waals surface area (Å²) in [5.74, 6) is 0. The van der Waals surface area contributed by atoms with Crippen LogP contribution in [0.5, 0.6) is 0 Å². The molecule has 0 bridgehead atoms. The maximum absolute atomic E-state index is 2.52. The van der Waals surface area contributed by atoms with Gasteiger partial charge in [0.15, 0.2) is 0 Å². The Hall–Kier alpha value is -1.80. The zero-order chi connectivity index (χ0) is 18.4. The van der Waals surface area contributed by atoms with Crippen LogP contribution in [0, 0.1) is 0 Å². The Kier molecular flexibility index (Phi) is 4.28. The van der Waals surface area contributed by atoms with Crippen LogP contribution in [-0.2, 0) is 0 Å². The number of fused-ring (bicyclic) bond motifs is 3. The van der Waals surface area contributed by atoms with Gasteiger partial charge in [0.05, 0.1) is 0 Å². The Labute approximate surface area is 164 Å². The van der Waals surface area contributed by atoms with Gasteiger partial charge in [-0.1, -0.05) is 0 Å². The Bertz CT molecular complexity index is 1060. The Balaban J connectivity index is 1.95. The zero-order valence-electron chi connectivity index (χ0n) is 16.5. The summed E-state index contributed by atoms with van der Waals surface area (Å²) in [6.07, 6.45) is 5.38. The van der Waals surface area contributed by atoms with Gasteiger partial charge in [-0.05, 0) is 0 Å². The van der Waals surface area contributed by atoms with E-state index in [2.05, 4.69) is 74.5 Å². The Morgan fingerprint density at radius 1 is 0.556 bits per heavy atom. The molecule has 0 N–H and O–H groups in total. The van der Waals surface area contributed by atoms with Crippen molar-refractivity contribution in [2.45, 2.75) is 50.0 Å². The second-order valence-electron chi connectivity index (χ2n) is 8.29. The standard InChI is InChI=1S/C26H28Ge/c1-3-5-17-27(18-6-4-2)23-15-9-13-21-19-11-7-8-12-20(19)22-14-10-16-24(27)26(22)25(21)23/h7-16H,3-6,17-18H2,1-2H3. The topological polar surface area (TPSA) is 0 Å². The van der Waals surface area contributed by atoms with Gasteiger partial charge in [-0.25, -0.2) is 0 Å². The minimum atomic E-state index is -2.33. The summed E-state index contributed by atoms with van der Waals surface area (Å²) in [6, 6.07) is 23.5. The molecule has 1 aliphatic heterocycles. The van der Waals surface area contributed by atoms with Crippen molar-refractivity contribution in [1.82, 2.24) is 0 Å². The van der Waals surface area contributed by atoms with Crippen molar-refractivity contribution in [2.75, 3.05) is 0 Å². The average Bonchev–Trinajstić information content (AvgIpc) is 3.01. The van der Waals surface area contributed by atoms with E-state index in [-0.39, 0.29) is 0 Å². The normalized spacial score (nSPS) is 14.7. The molecule has 0 aliphatic carbocycles. The summed E-state index contributed by atoms with van der Waals surface area (Å²) in [7, 11) is 0. The molecular formula is C26H28Ge. The first-order valence-electron chi connectivity index (χ1n) is 10.7. The van der Waals surface area contributed by atoms with Crippen molar-refractivity contribution in [3.8, 4) is 0 Å². The molecule has 5 rings (SSSR count). The molecule has 0 fully saturated rings. The molecule has 1 aliphatic rings. The second-order valence-corrected chi connectivity index (χ2v) is 17.2. The van der Waals surface area contributed by atoms with Crippen molar-refractivity contribution in [1.29, 1.82) is 0 Å². The molecule has 1 heterocycles. The summed E-state index contributed by atoms with van der Waals surface area (Å²) in [5, 5.41) is 12.0. The summed E-state index contributed by atoms with van der Waals surface area (Å²) in [6.45, 7) is 4.71. The van der Waals surface area contributed by atoms with Gasteiger partial charge >= 0.3 is 165 Å². The Morgan fingerprint density at radius 2 is 1.00 bits per heavy atom. The van der Waals surface area contributed by atoms with Gasteiger partial charge in [-0.3, -0.25) is 0 Å². The van der Waals surface area contributed by atoms with Crippen LogP contribution in [0.25, 0.3) is 32.3 Å². The van der Waals surface area contributed by atoms with Crippen LogP contribution < -0.4 is 8.79 Å². The third-order valence-electron chi connectivity index (χ3n) is 6.83. The van der Waals surface area contributed by atoms with Crippen LogP contribution in [0.3, 0.4) is 0 Å². The monoisotopic (exact) mass is 414 g/mol. The van der Waals surface area contributed by atoms with Crippen molar-refractivity contribution >= 4 is 54.4 Å². The van der Waals surface area contributed by atoms with Crippen molar-refractivity contribution in [3.63, 3.8) is 0 Å². The van der Waals surface area contributed by atoms with Gasteiger partial charge in [0.1, 0.15) is 0 Å². The predicted molar refractivity (Wildman–Crippen MR) is 123 cm³/mol. The first-order chi connectivity index (χ1) is 13.3. The van der Waals surface area contributed by atoms with Gasteiger partial charge in [0, 0.05) is 0 Å². The molecule has 0 spiro atoms. The molecule has 1 heteroatoms. The van der Waals surface area contributed by atoms with Gasteiger partial charge < -0.3 is 0 Å². The van der Waals surface area contributed by atoms with Gasteiger partial charge in [0.25, 0.3) is 0 Å². The molecule has 0 unspecified atom stereocenters. The van der Waals surface area contributed by atoms with Crippen LogP contribution in [0.1, 0.15) is 39.5 Å². The second kappa shape index (κ2) is 6.67.